The van der Waals surface area contributed by atoms with Crippen molar-refractivity contribution in [3.05, 3.63) is 77.8 Å². The number of anilines is 1. The molecule has 3 aromatic carbocycles. The average Bonchev–Trinajstić information content (AvgIpc) is 2.88. The molecule has 0 saturated heterocycles. The molecule has 0 atom stereocenters. The van der Waals surface area contributed by atoms with E-state index in [4.69, 9.17) is 53.8 Å². The third kappa shape index (κ3) is 7.14. The summed E-state index contributed by atoms with van der Waals surface area (Å²) in [5.74, 6) is 0.957. The standard InChI is InChI=1S/C26H20Cl3IN2O5/c1-34-22-11-21(23(35-2)10-19(22)29)32-26(33)16(12-31)6-15-8-20(30)25(24(9-15)36-3)37-13-14-4-5-17(27)18(28)7-14/h4-11H,13H2,1-3H3,(H,32,33)/b16-6+. The van der Waals surface area contributed by atoms with Gasteiger partial charge in [-0.1, -0.05) is 40.9 Å². The predicted molar refractivity (Wildman–Crippen MR) is 153 cm³/mol. The van der Waals surface area contributed by atoms with Crippen molar-refractivity contribution in [1.29, 1.82) is 5.26 Å². The van der Waals surface area contributed by atoms with Crippen LogP contribution in [-0.4, -0.2) is 27.2 Å². The van der Waals surface area contributed by atoms with E-state index in [2.05, 4.69) is 27.9 Å². The molecule has 0 aliphatic heterocycles. The molecule has 0 radical (unpaired) electrons. The number of carbonyl (C=O) groups is 1. The maximum absolute atomic E-state index is 12.9. The molecule has 0 aliphatic rings. The van der Waals surface area contributed by atoms with Crippen molar-refractivity contribution in [3.8, 4) is 29.1 Å². The Morgan fingerprint density at radius 3 is 2.27 bits per heavy atom. The summed E-state index contributed by atoms with van der Waals surface area (Å²) in [5.41, 5.74) is 1.55. The van der Waals surface area contributed by atoms with Gasteiger partial charge in [0.25, 0.3) is 5.91 Å². The summed E-state index contributed by atoms with van der Waals surface area (Å²) in [6, 6.07) is 13.6. The second-order valence-electron chi connectivity index (χ2n) is 7.38. The quantitative estimate of drug-likeness (QED) is 0.145. The third-order valence-corrected chi connectivity index (χ3v) is 6.85. The number of nitrogens with zero attached hydrogens (tertiary/aromatic N) is 1. The van der Waals surface area contributed by atoms with Crippen LogP contribution in [0.15, 0.2) is 48.0 Å². The molecule has 37 heavy (non-hydrogen) atoms. The molecule has 0 spiro atoms. The van der Waals surface area contributed by atoms with E-state index in [1.54, 1.807) is 24.3 Å². The molecule has 0 saturated carbocycles. The zero-order valence-corrected chi connectivity index (χ0v) is 24.3. The van der Waals surface area contributed by atoms with E-state index in [1.807, 2.05) is 12.1 Å². The van der Waals surface area contributed by atoms with Gasteiger partial charge in [0.1, 0.15) is 29.7 Å². The van der Waals surface area contributed by atoms with Gasteiger partial charge in [0, 0.05) is 12.1 Å². The van der Waals surface area contributed by atoms with Gasteiger partial charge in [-0.15, -0.1) is 0 Å². The smallest absolute Gasteiger partial charge is 0.266 e. The number of halogens is 4. The number of methoxy groups -OCH3 is 3. The molecule has 0 aliphatic carbocycles. The van der Waals surface area contributed by atoms with Crippen molar-refractivity contribution in [2.45, 2.75) is 6.61 Å². The van der Waals surface area contributed by atoms with Gasteiger partial charge in [0.15, 0.2) is 11.5 Å². The molecule has 0 unspecified atom stereocenters. The van der Waals surface area contributed by atoms with Crippen LogP contribution in [0.4, 0.5) is 5.69 Å². The number of amides is 1. The summed E-state index contributed by atoms with van der Waals surface area (Å²) in [6.45, 7) is 0.233. The summed E-state index contributed by atoms with van der Waals surface area (Å²) in [7, 11) is 4.39. The fraction of sp³-hybridized carbons (Fsp3) is 0.154. The molecule has 0 fully saturated rings. The highest BCUT2D eigenvalue weighted by Crippen LogP contribution is 2.37. The minimum atomic E-state index is -0.640. The van der Waals surface area contributed by atoms with E-state index >= 15 is 0 Å². The number of nitrogens with one attached hydrogen (secondary N) is 1. The molecule has 11 heteroatoms. The first kappa shape index (κ1) is 28.7. The van der Waals surface area contributed by atoms with Gasteiger partial charge in [-0.05, 0) is 64.1 Å². The predicted octanol–water partition coefficient (Wildman–Crippen LogP) is 7.40. The van der Waals surface area contributed by atoms with E-state index in [0.717, 1.165) is 5.56 Å². The van der Waals surface area contributed by atoms with Crippen molar-refractivity contribution >= 4 is 75.1 Å². The van der Waals surface area contributed by atoms with Crippen molar-refractivity contribution in [1.82, 2.24) is 0 Å². The van der Waals surface area contributed by atoms with Gasteiger partial charge in [-0.3, -0.25) is 4.79 Å². The zero-order chi connectivity index (χ0) is 27.1. The van der Waals surface area contributed by atoms with Crippen LogP contribution < -0.4 is 24.3 Å². The summed E-state index contributed by atoms with van der Waals surface area (Å²) in [5, 5.41) is 13.5. The Kier molecular flexibility index (Phi) is 10.2. The van der Waals surface area contributed by atoms with Crippen molar-refractivity contribution < 1.29 is 23.7 Å². The number of carbonyl (C=O) groups excluding carboxylic acids is 1. The topological polar surface area (TPSA) is 89.8 Å². The Labute approximate surface area is 243 Å². The molecule has 1 N–H and O–H groups in total. The zero-order valence-electron chi connectivity index (χ0n) is 19.8. The lowest BCUT2D eigenvalue weighted by molar-refractivity contribution is -0.112. The van der Waals surface area contributed by atoms with Crippen LogP contribution in [-0.2, 0) is 11.4 Å². The number of rotatable bonds is 9. The number of nitriles is 1. The minimum absolute atomic E-state index is 0.140. The van der Waals surface area contributed by atoms with E-state index in [1.165, 1.54) is 39.5 Å². The van der Waals surface area contributed by atoms with Crippen LogP contribution >= 0.6 is 57.4 Å². The monoisotopic (exact) mass is 672 g/mol. The number of benzene rings is 3. The van der Waals surface area contributed by atoms with E-state index in [0.29, 0.717) is 52.9 Å². The molecule has 0 aromatic heterocycles. The molecule has 3 aromatic rings. The van der Waals surface area contributed by atoms with E-state index in [9.17, 15) is 10.1 Å². The largest absolute Gasteiger partial charge is 0.495 e. The molecule has 3 rings (SSSR count). The SMILES string of the molecule is COc1cc(NC(=O)/C(C#N)=C/c2cc(I)c(OCc3ccc(Cl)c(Cl)c3)c(OC)c2)c(OC)cc1Cl. The summed E-state index contributed by atoms with van der Waals surface area (Å²) >= 11 is 20.3. The van der Waals surface area contributed by atoms with Gasteiger partial charge in [0.05, 0.1) is 45.7 Å². The van der Waals surface area contributed by atoms with Crippen LogP contribution in [0, 0.1) is 14.9 Å². The Hall–Kier alpha value is -2.84. The van der Waals surface area contributed by atoms with Gasteiger partial charge in [0.2, 0.25) is 0 Å². The molecule has 0 bridgehead atoms. The molecule has 0 heterocycles. The summed E-state index contributed by atoms with van der Waals surface area (Å²) in [6.07, 6.45) is 1.45. The fourth-order valence-corrected chi connectivity index (χ4v) is 4.54. The minimum Gasteiger partial charge on any atom is -0.495 e. The summed E-state index contributed by atoms with van der Waals surface area (Å²) < 4.78 is 22.7. The van der Waals surface area contributed by atoms with Gasteiger partial charge in [-0.25, -0.2) is 0 Å². The molecule has 192 valence electrons. The Morgan fingerprint density at radius 2 is 1.65 bits per heavy atom. The van der Waals surface area contributed by atoms with Crippen molar-refractivity contribution in [2.75, 3.05) is 26.6 Å². The lowest BCUT2D eigenvalue weighted by atomic mass is 10.1. The normalized spacial score (nSPS) is 10.9. The first-order valence-electron chi connectivity index (χ1n) is 10.5. The Bertz CT molecular complexity index is 1410. The lowest BCUT2D eigenvalue weighted by Gasteiger charge is -2.14. The molecule has 7 nitrogen and oxygen atoms in total. The maximum Gasteiger partial charge on any atom is 0.266 e. The molecule has 1 amide bonds. The Balaban J connectivity index is 1.86. The second-order valence-corrected chi connectivity index (χ2v) is 9.77. The highest BCUT2D eigenvalue weighted by atomic mass is 127. The van der Waals surface area contributed by atoms with Crippen molar-refractivity contribution in [3.63, 3.8) is 0 Å². The van der Waals surface area contributed by atoms with Gasteiger partial charge < -0.3 is 24.3 Å². The molecular formula is C26H20Cl3IN2O5. The maximum atomic E-state index is 12.9. The number of hydrogen-bond acceptors (Lipinski definition) is 6. The number of ether oxygens (including phenoxy) is 4. The summed E-state index contributed by atoms with van der Waals surface area (Å²) in [4.78, 5) is 12.9. The van der Waals surface area contributed by atoms with Crippen LogP contribution in [0.3, 0.4) is 0 Å². The first-order valence-corrected chi connectivity index (χ1v) is 12.7. The van der Waals surface area contributed by atoms with E-state index in [-0.39, 0.29) is 12.2 Å². The number of hydrogen-bond donors (Lipinski definition) is 1. The fourth-order valence-electron chi connectivity index (χ4n) is 3.21. The molecular weight excluding hydrogens is 654 g/mol. The van der Waals surface area contributed by atoms with E-state index < -0.39 is 5.91 Å². The van der Waals surface area contributed by atoms with Crippen LogP contribution in [0.5, 0.6) is 23.0 Å². The second kappa shape index (κ2) is 13.1. The van der Waals surface area contributed by atoms with Crippen molar-refractivity contribution in [2.24, 2.45) is 0 Å². The lowest BCUT2D eigenvalue weighted by Crippen LogP contribution is -2.14. The van der Waals surface area contributed by atoms with Gasteiger partial charge in [-0.2, -0.15) is 5.26 Å². The first-order chi connectivity index (χ1) is 17.7. The average molecular weight is 674 g/mol. The van der Waals surface area contributed by atoms with Crippen LogP contribution in [0.2, 0.25) is 15.1 Å². The Morgan fingerprint density at radius 1 is 0.946 bits per heavy atom. The van der Waals surface area contributed by atoms with Crippen LogP contribution in [0.25, 0.3) is 6.08 Å². The van der Waals surface area contributed by atoms with Crippen LogP contribution in [0.1, 0.15) is 11.1 Å². The van der Waals surface area contributed by atoms with Gasteiger partial charge >= 0.3 is 0 Å². The third-order valence-electron chi connectivity index (χ3n) is 5.02. The highest BCUT2D eigenvalue weighted by molar-refractivity contribution is 14.1. The highest BCUT2D eigenvalue weighted by Gasteiger charge is 2.17.